The normalized spacial score (nSPS) is 11.4. The molecule has 0 saturated carbocycles. The van der Waals surface area contributed by atoms with Gasteiger partial charge in [-0.2, -0.15) is 22.5 Å². The van der Waals surface area contributed by atoms with Gasteiger partial charge in [0.25, 0.3) is 0 Å². The zero-order chi connectivity index (χ0) is 15.6. The van der Waals surface area contributed by atoms with Crippen molar-refractivity contribution in [3.8, 4) is 0 Å². The second-order valence-electron chi connectivity index (χ2n) is 4.32. The van der Waals surface area contributed by atoms with Gasteiger partial charge in [-0.3, -0.25) is 0 Å². The number of alkyl halides is 3. The second kappa shape index (κ2) is 5.94. The molecular formula is C12H11F3N4S2. The lowest BCUT2D eigenvalue weighted by molar-refractivity contribution is -0.144. The minimum Gasteiger partial charge on any atom is -0.389 e. The monoisotopic (exact) mass is 332 g/mol. The van der Waals surface area contributed by atoms with E-state index in [9.17, 15) is 13.2 Å². The number of aromatic nitrogens is 2. The van der Waals surface area contributed by atoms with Gasteiger partial charge in [0.15, 0.2) is 0 Å². The minimum atomic E-state index is -4.53. The van der Waals surface area contributed by atoms with Gasteiger partial charge in [-0.1, -0.05) is 30.4 Å². The van der Waals surface area contributed by atoms with Gasteiger partial charge >= 0.3 is 6.18 Å². The van der Waals surface area contributed by atoms with Gasteiger partial charge in [-0.05, 0) is 11.6 Å². The molecule has 0 aliphatic carbocycles. The minimum absolute atomic E-state index is 0.197. The third kappa shape index (κ3) is 3.88. The predicted molar refractivity (Wildman–Crippen MR) is 79.3 cm³/mol. The van der Waals surface area contributed by atoms with Crippen molar-refractivity contribution in [1.82, 2.24) is 9.36 Å². The maximum atomic E-state index is 12.5. The zero-order valence-corrected chi connectivity index (χ0v) is 12.5. The molecule has 2 rings (SSSR count). The van der Waals surface area contributed by atoms with Crippen molar-refractivity contribution in [3.63, 3.8) is 0 Å². The van der Waals surface area contributed by atoms with Crippen LogP contribution in [0.15, 0.2) is 24.3 Å². The molecule has 9 heteroatoms. The molecule has 0 amide bonds. The molecule has 2 N–H and O–H groups in total. The average Bonchev–Trinajstić information content (AvgIpc) is 2.88. The number of nitrogens with two attached hydrogens (primary N) is 1. The van der Waals surface area contributed by atoms with Crippen LogP contribution in [0.4, 0.5) is 18.3 Å². The molecule has 1 aromatic carbocycles. The van der Waals surface area contributed by atoms with E-state index in [0.717, 1.165) is 5.56 Å². The Hall–Kier alpha value is -1.74. The van der Waals surface area contributed by atoms with E-state index in [1.165, 1.54) is 0 Å². The Kier molecular flexibility index (Phi) is 4.43. The van der Waals surface area contributed by atoms with Crippen molar-refractivity contribution >= 4 is 33.9 Å². The van der Waals surface area contributed by atoms with Crippen LogP contribution < -0.4 is 10.6 Å². The highest BCUT2D eigenvalue weighted by atomic mass is 32.1. The number of thiocarbonyl (C=S) groups is 1. The summed E-state index contributed by atoms with van der Waals surface area (Å²) in [5.74, 6) is -1.12. The van der Waals surface area contributed by atoms with Gasteiger partial charge in [0, 0.05) is 30.7 Å². The Balaban J connectivity index is 2.14. The first-order valence-corrected chi connectivity index (χ1v) is 6.96. The SMILES string of the molecule is CN(Cc1cccc(C(N)=S)c1)c1nc(C(F)(F)F)ns1. The fraction of sp³-hybridized carbons (Fsp3) is 0.250. The average molecular weight is 332 g/mol. The Morgan fingerprint density at radius 1 is 1.43 bits per heavy atom. The lowest BCUT2D eigenvalue weighted by atomic mass is 10.1. The molecule has 0 aliphatic rings. The summed E-state index contributed by atoms with van der Waals surface area (Å²) in [6.07, 6.45) is -4.53. The molecule has 1 aromatic heterocycles. The maximum Gasteiger partial charge on any atom is 0.452 e. The van der Waals surface area contributed by atoms with Crippen molar-refractivity contribution in [3.05, 3.63) is 41.2 Å². The number of rotatable bonds is 4. The molecule has 0 spiro atoms. The van der Waals surface area contributed by atoms with Crippen LogP contribution in [-0.2, 0) is 12.7 Å². The fourth-order valence-corrected chi connectivity index (χ4v) is 2.42. The molecule has 1 heterocycles. The highest BCUT2D eigenvalue weighted by molar-refractivity contribution is 7.80. The largest absolute Gasteiger partial charge is 0.452 e. The Labute approximate surface area is 128 Å². The summed E-state index contributed by atoms with van der Waals surface area (Å²) in [5, 5.41) is 0.197. The van der Waals surface area contributed by atoms with E-state index in [-0.39, 0.29) is 10.1 Å². The number of anilines is 1. The van der Waals surface area contributed by atoms with Crippen LogP contribution in [0.1, 0.15) is 17.0 Å². The third-order valence-corrected chi connectivity index (χ3v) is 3.69. The Morgan fingerprint density at radius 3 is 2.71 bits per heavy atom. The van der Waals surface area contributed by atoms with Gasteiger partial charge in [0.05, 0.1) is 0 Å². The number of hydrogen-bond acceptors (Lipinski definition) is 5. The molecule has 0 bridgehead atoms. The number of halogens is 3. The van der Waals surface area contributed by atoms with Crippen molar-refractivity contribution in [2.75, 3.05) is 11.9 Å². The first-order chi connectivity index (χ1) is 9.77. The standard InChI is InChI=1S/C12H11F3N4S2/c1-19(11-17-10(18-21-11)12(13,14)15)6-7-3-2-4-8(5-7)9(16)20/h2-5H,6H2,1H3,(H2,16,20). The third-order valence-electron chi connectivity index (χ3n) is 2.63. The van der Waals surface area contributed by atoms with Gasteiger partial charge in [0.2, 0.25) is 11.0 Å². The molecule has 112 valence electrons. The van der Waals surface area contributed by atoms with Crippen LogP contribution in [0, 0.1) is 0 Å². The summed E-state index contributed by atoms with van der Waals surface area (Å²) >= 11 is 5.60. The zero-order valence-electron chi connectivity index (χ0n) is 10.9. The molecule has 21 heavy (non-hydrogen) atoms. The summed E-state index contributed by atoms with van der Waals surface area (Å²) in [6, 6.07) is 7.20. The van der Waals surface area contributed by atoms with E-state index in [1.807, 2.05) is 6.07 Å². The maximum absolute atomic E-state index is 12.5. The molecule has 4 nitrogen and oxygen atoms in total. The van der Waals surface area contributed by atoms with E-state index >= 15 is 0 Å². The highest BCUT2D eigenvalue weighted by Gasteiger charge is 2.36. The lowest BCUT2D eigenvalue weighted by Gasteiger charge is -2.15. The van der Waals surface area contributed by atoms with Crippen molar-refractivity contribution in [2.24, 2.45) is 5.73 Å². The number of benzene rings is 1. The molecule has 0 unspecified atom stereocenters. The van der Waals surface area contributed by atoms with Gasteiger partial charge < -0.3 is 10.6 Å². The van der Waals surface area contributed by atoms with E-state index in [2.05, 4.69) is 9.36 Å². The molecule has 0 radical (unpaired) electrons. The summed E-state index contributed by atoms with van der Waals surface area (Å²) < 4.78 is 40.7. The van der Waals surface area contributed by atoms with Crippen LogP contribution in [-0.4, -0.2) is 21.4 Å². The molecule has 0 atom stereocenters. The molecule has 0 saturated heterocycles. The van der Waals surface area contributed by atoms with Crippen LogP contribution in [0.2, 0.25) is 0 Å². The van der Waals surface area contributed by atoms with Crippen molar-refractivity contribution < 1.29 is 13.2 Å². The van der Waals surface area contributed by atoms with Crippen molar-refractivity contribution in [2.45, 2.75) is 12.7 Å². The van der Waals surface area contributed by atoms with Crippen LogP contribution >= 0.6 is 23.8 Å². The molecular weight excluding hydrogens is 321 g/mol. The summed E-state index contributed by atoms with van der Waals surface area (Å²) in [7, 11) is 1.65. The quantitative estimate of drug-likeness (QED) is 0.873. The topological polar surface area (TPSA) is 55.0 Å². The molecule has 2 aromatic rings. The molecule has 0 aliphatic heterocycles. The van der Waals surface area contributed by atoms with Gasteiger partial charge in [0.1, 0.15) is 4.99 Å². The van der Waals surface area contributed by atoms with E-state index in [0.29, 0.717) is 23.6 Å². The van der Waals surface area contributed by atoms with Crippen LogP contribution in [0.5, 0.6) is 0 Å². The lowest BCUT2D eigenvalue weighted by Crippen LogP contribution is -2.17. The van der Waals surface area contributed by atoms with Gasteiger partial charge in [-0.15, -0.1) is 0 Å². The second-order valence-corrected chi connectivity index (χ2v) is 5.49. The van der Waals surface area contributed by atoms with E-state index < -0.39 is 12.0 Å². The first kappa shape index (κ1) is 15.6. The van der Waals surface area contributed by atoms with E-state index in [1.54, 1.807) is 30.1 Å². The molecule has 0 fully saturated rings. The summed E-state index contributed by atoms with van der Waals surface area (Å²) in [5.41, 5.74) is 7.13. The van der Waals surface area contributed by atoms with Crippen LogP contribution in [0.25, 0.3) is 0 Å². The Morgan fingerprint density at radius 2 is 2.14 bits per heavy atom. The van der Waals surface area contributed by atoms with Crippen molar-refractivity contribution in [1.29, 1.82) is 0 Å². The Bertz CT molecular complexity index is 654. The van der Waals surface area contributed by atoms with E-state index in [4.69, 9.17) is 18.0 Å². The number of hydrogen-bond donors (Lipinski definition) is 1. The fourth-order valence-electron chi connectivity index (χ4n) is 1.65. The summed E-state index contributed by atoms with van der Waals surface area (Å²) in [4.78, 5) is 5.35. The first-order valence-electron chi connectivity index (χ1n) is 5.78. The van der Waals surface area contributed by atoms with Crippen LogP contribution in [0.3, 0.4) is 0 Å². The summed E-state index contributed by atoms with van der Waals surface area (Å²) in [6.45, 7) is 0.378. The van der Waals surface area contributed by atoms with Gasteiger partial charge in [-0.25, -0.2) is 0 Å². The predicted octanol–water partition coefficient (Wildman–Crippen LogP) is 2.83. The number of nitrogens with zero attached hydrogens (tertiary/aromatic N) is 3. The highest BCUT2D eigenvalue weighted by Crippen LogP contribution is 2.30. The smallest absolute Gasteiger partial charge is 0.389 e.